The fraction of sp³-hybridized carbons (Fsp3) is 0. The van der Waals surface area contributed by atoms with Gasteiger partial charge in [0, 0.05) is 54.8 Å². The van der Waals surface area contributed by atoms with E-state index in [0.29, 0.717) is 5.82 Å². The highest BCUT2D eigenvalue weighted by molar-refractivity contribution is 6.30. The summed E-state index contributed by atoms with van der Waals surface area (Å²) in [6.07, 6.45) is 0. The van der Waals surface area contributed by atoms with Crippen molar-refractivity contribution in [3.8, 4) is 34.0 Å². The summed E-state index contributed by atoms with van der Waals surface area (Å²) >= 11 is 0. The molecule has 0 aliphatic heterocycles. The molecule has 0 fully saturated rings. The van der Waals surface area contributed by atoms with Gasteiger partial charge in [0.25, 0.3) is 0 Å². The number of fused-ring (bicyclic) bond motifs is 12. The van der Waals surface area contributed by atoms with Crippen molar-refractivity contribution in [3.63, 3.8) is 0 Å². The highest BCUT2D eigenvalue weighted by atomic mass is 16.3. The van der Waals surface area contributed by atoms with Gasteiger partial charge in [-0.1, -0.05) is 121 Å². The van der Waals surface area contributed by atoms with Crippen LogP contribution >= 0.6 is 0 Å². The lowest BCUT2D eigenvalue weighted by Crippen LogP contribution is -1.98. The molecule has 12 rings (SSSR count). The first-order valence-electron chi connectivity index (χ1n) is 18.6. The molecular weight excluding hydrogens is 673 g/mol. The zero-order chi connectivity index (χ0) is 36.0. The van der Waals surface area contributed by atoms with Gasteiger partial charge in [-0.25, -0.2) is 9.97 Å². The van der Waals surface area contributed by atoms with E-state index in [9.17, 15) is 0 Å². The topological polar surface area (TPSA) is 48.8 Å². The summed E-state index contributed by atoms with van der Waals surface area (Å²) in [6.45, 7) is 0. The van der Waals surface area contributed by atoms with E-state index in [1.165, 1.54) is 27.1 Å². The van der Waals surface area contributed by atoms with Gasteiger partial charge in [-0.3, -0.25) is 0 Å². The van der Waals surface area contributed by atoms with Gasteiger partial charge in [0.2, 0.25) is 0 Å². The summed E-state index contributed by atoms with van der Waals surface area (Å²) in [5.41, 5.74) is 12.3. The van der Waals surface area contributed by atoms with Crippen LogP contribution in [0, 0.1) is 0 Å². The molecule has 0 saturated carbocycles. The van der Waals surface area contributed by atoms with Crippen LogP contribution in [0.3, 0.4) is 0 Å². The van der Waals surface area contributed by atoms with Crippen molar-refractivity contribution in [3.05, 3.63) is 182 Å². The number of para-hydroxylation sites is 4. The minimum Gasteiger partial charge on any atom is -0.456 e. The Kier molecular flexibility index (Phi) is 6.27. The maximum Gasteiger partial charge on any atom is 0.160 e. The summed E-state index contributed by atoms with van der Waals surface area (Å²) < 4.78 is 11.4. The quantitative estimate of drug-likeness (QED) is 0.183. The maximum atomic E-state index is 6.52. The fourth-order valence-electron chi connectivity index (χ4n) is 8.77. The zero-order valence-electron chi connectivity index (χ0n) is 29.5. The molecule has 0 radical (unpaired) electrons. The highest BCUT2D eigenvalue weighted by Gasteiger charge is 2.24. The van der Waals surface area contributed by atoms with Crippen LogP contribution < -0.4 is 0 Å². The minimum atomic E-state index is 0.685. The van der Waals surface area contributed by atoms with Crippen molar-refractivity contribution in [2.45, 2.75) is 0 Å². The monoisotopic (exact) mass is 702 g/mol. The van der Waals surface area contributed by atoms with E-state index in [1.807, 2.05) is 18.2 Å². The van der Waals surface area contributed by atoms with E-state index in [1.54, 1.807) is 0 Å². The first-order valence-corrected chi connectivity index (χ1v) is 18.6. The van der Waals surface area contributed by atoms with Crippen molar-refractivity contribution >= 4 is 76.5 Å². The number of aromatic nitrogens is 4. The lowest BCUT2D eigenvalue weighted by Gasteiger charge is -2.13. The summed E-state index contributed by atoms with van der Waals surface area (Å²) in [6, 6.07) is 64.1. The number of furan rings is 1. The van der Waals surface area contributed by atoms with E-state index >= 15 is 0 Å². The third kappa shape index (κ3) is 4.35. The smallest absolute Gasteiger partial charge is 0.160 e. The Balaban J connectivity index is 1.23. The van der Waals surface area contributed by atoms with E-state index in [2.05, 4.69) is 173 Å². The van der Waals surface area contributed by atoms with Crippen LogP contribution in [0.5, 0.6) is 0 Å². The molecule has 0 bridgehead atoms. The molecule has 5 heteroatoms. The summed E-state index contributed by atoms with van der Waals surface area (Å²) in [5, 5.41) is 7.98. The third-order valence-electron chi connectivity index (χ3n) is 11.1. The number of hydrogen-bond donors (Lipinski definition) is 0. The predicted molar refractivity (Wildman–Crippen MR) is 226 cm³/mol. The zero-order valence-corrected chi connectivity index (χ0v) is 29.5. The largest absolute Gasteiger partial charge is 0.456 e. The molecular formula is C50H30N4O. The molecule has 256 valence electrons. The molecule has 5 nitrogen and oxygen atoms in total. The van der Waals surface area contributed by atoms with Gasteiger partial charge in [-0.2, -0.15) is 0 Å². The van der Waals surface area contributed by atoms with E-state index in [0.717, 1.165) is 77.6 Å². The van der Waals surface area contributed by atoms with Gasteiger partial charge in [0.15, 0.2) is 5.82 Å². The maximum absolute atomic E-state index is 6.52. The summed E-state index contributed by atoms with van der Waals surface area (Å²) in [7, 11) is 0. The molecule has 0 amide bonds. The van der Waals surface area contributed by atoms with Crippen LogP contribution in [0.1, 0.15) is 0 Å². The van der Waals surface area contributed by atoms with Crippen LogP contribution in [-0.4, -0.2) is 19.1 Å². The van der Waals surface area contributed by atoms with Gasteiger partial charge in [-0.05, 0) is 60.7 Å². The number of hydrogen-bond acceptors (Lipinski definition) is 3. The Bertz CT molecular complexity index is 3480. The van der Waals surface area contributed by atoms with E-state index in [-0.39, 0.29) is 0 Å². The van der Waals surface area contributed by atoms with Crippen LogP contribution in [-0.2, 0) is 0 Å². The second-order valence-electron chi connectivity index (χ2n) is 14.1. The van der Waals surface area contributed by atoms with Crippen molar-refractivity contribution in [2.75, 3.05) is 0 Å². The Morgan fingerprint density at radius 2 is 1.04 bits per heavy atom. The SMILES string of the molecule is c1ccc(-c2nc(-c3cccc(-n4c5c(ccc6oc7ccccc7c65)c5ccc6c(c7ccccc7n6-c6ccccc6)c54)c3)nc3ccccc23)cc1. The Hall–Kier alpha value is -7.50. The molecule has 8 aromatic carbocycles. The van der Waals surface area contributed by atoms with Crippen molar-refractivity contribution in [1.82, 2.24) is 19.1 Å². The van der Waals surface area contributed by atoms with Gasteiger partial charge in [0.1, 0.15) is 11.2 Å². The van der Waals surface area contributed by atoms with Crippen LogP contribution in [0.15, 0.2) is 186 Å². The molecule has 0 aliphatic rings. The van der Waals surface area contributed by atoms with Crippen LogP contribution in [0.25, 0.3) is 110 Å². The summed E-state index contributed by atoms with van der Waals surface area (Å²) in [5.74, 6) is 0.685. The second kappa shape index (κ2) is 11.5. The Labute approximate surface area is 315 Å². The standard InChI is InChI=1S/C50H30N4O/c1-3-14-31(15-4-1)47-37-20-7-10-23-40(37)51-50(52-47)32-16-13-19-34(30-32)54-48-35(36-27-29-44-46(49(36)54)39-22-9-12-25-43(39)55-44)26-28-42-45(48)38-21-8-11-24-41(38)53(42)33-17-5-2-6-18-33/h1-30H. The van der Waals surface area contributed by atoms with Gasteiger partial charge >= 0.3 is 0 Å². The number of benzene rings is 8. The lowest BCUT2D eigenvalue weighted by molar-refractivity contribution is 0.669. The Morgan fingerprint density at radius 1 is 0.382 bits per heavy atom. The number of rotatable bonds is 4. The predicted octanol–water partition coefficient (Wildman–Crippen LogP) is 13.1. The number of nitrogens with zero attached hydrogens (tertiary/aromatic N) is 4. The Morgan fingerprint density at radius 3 is 1.89 bits per heavy atom. The molecule has 4 heterocycles. The molecule has 0 aliphatic carbocycles. The summed E-state index contributed by atoms with van der Waals surface area (Å²) in [4.78, 5) is 10.4. The molecule has 0 unspecified atom stereocenters. The van der Waals surface area contributed by atoms with Gasteiger partial charge < -0.3 is 13.6 Å². The van der Waals surface area contributed by atoms with Gasteiger partial charge in [0.05, 0.1) is 38.7 Å². The molecule has 12 aromatic rings. The van der Waals surface area contributed by atoms with Crippen molar-refractivity contribution < 1.29 is 4.42 Å². The van der Waals surface area contributed by atoms with Gasteiger partial charge in [-0.15, -0.1) is 0 Å². The fourth-order valence-corrected chi connectivity index (χ4v) is 8.77. The third-order valence-corrected chi connectivity index (χ3v) is 11.1. The van der Waals surface area contributed by atoms with Crippen LogP contribution in [0.4, 0.5) is 0 Å². The second-order valence-corrected chi connectivity index (χ2v) is 14.1. The van der Waals surface area contributed by atoms with Crippen LogP contribution in [0.2, 0.25) is 0 Å². The lowest BCUT2D eigenvalue weighted by atomic mass is 10.1. The van der Waals surface area contributed by atoms with Crippen molar-refractivity contribution in [1.29, 1.82) is 0 Å². The molecule has 55 heavy (non-hydrogen) atoms. The average molecular weight is 703 g/mol. The molecule has 0 N–H and O–H groups in total. The molecule has 4 aromatic heterocycles. The minimum absolute atomic E-state index is 0.685. The average Bonchev–Trinajstić information content (AvgIpc) is 3.91. The molecule has 0 atom stereocenters. The normalized spacial score (nSPS) is 12.0. The van der Waals surface area contributed by atoms with E-state index in [4.69, 9.17) is 14.4 Å². The molecule has 0 spiro atoms. The molecule has 0 saturated heterocycles. The van der Waals surface area contributed by atoms with E-state index < -0.39 is 0 Å². The first-order chi connectivity index (χ1) is 27.3. The van der Waals surface area contributed by atoms with Crippen molar-refractivity contribution in [2.24, 2.45) is 0 Å². The highest BCUT2D eigenvalue weighted by Crippen LogP contribution is 2.45. The first kappa shape index (κ1) is 30.0.